The van der Waals surface area contributed by atoms with Crippen LogP contribution < -0.4 is 5.32 Å². The van der Waals surface area contributed by atoms with Gasteiger partial charge in [-0.2, -0.15) is 0 Å². The molecule has 4 saturated carbocycles. The van der Waals surface area contributed by atoms with E-state index in [0.29, 0.717) is 11.7 Å². The zero-order valence-corrected chi connectivity index (χ0v) is 8.16. The minimum Gasteiger partial charge on any atom is -0.353 e. The zero-order chi connectivity index (χ0) is 9.76. The van der Waals surface area contributed by atoms with E-state index in [1.165, 1.54) is 0 Å². The third kappa shape index (κ3) is 0.983. The number of carbonyl (C=O) groups is 2. The number of rotatable bonds is 2. The molecule has 76 valence electrons. The first kappa shape index (κ1) is 8.45. The summed E-state index contributed by atoms with van der Waals surface area (Å²) < 4.78 is 0. The standard InChI is InChI=1S/C11H15NO2/c13-6-12-11-3-7-1-8(4-11)10(14)9(2-7)5-11/h6-9H,1-5H2,(H,12,13). The second kappa shape index (κ2) is 2.59. The van der Waals surface area contributed by atoms with Crippen molar-refractivity contribution in [3.8, 4) is 0 Å². The molecule has 0 aliphatic heterocycles. The van der Waals surface area contributed by atoms with E-state index in [0.717, 1.165) is 38.5 Å². The molecule has 4 aliphatic carbocycles. The maximum absolute atomic E-state index is 11.8. The number of hydrogen-bond donors (Lipinski definition) is 1. The van der Waals surface area contributed by atoms with Gasteiger partial charge in [-0.3, -0.25) is 9.59 Å². The molecule has 0 spiro atoms. The molecule has 2 atom stereocenters. The third-order valence-electron chi connectivity index (χ3n) is 4.36. The first-order valence-electron chi connectivity index (χ1n) is 5.47. The van der Waals surface area contributed by atoms with Crippen LogP contribution in [0.3, 0.4) is 0 Å². The van der Waals surface area contributed by atoms with Gasteiger partial charge in [0.2, 0.25) is 6.41 Å². The van der Waals surface area contributed by atoms with Crippen molar-refractivity contribution in [3.05, 3.63) is 0 Å². The molecule has 4 fully saturated rings. The Balaban J connectivity index is 1.92. The van der Waals surface area contributed by atoms with Crippen LogP contribution in [-0.4, -0.2) is 17.7 Å². The fraction of sp³-hybridized carbons (Fsp3) is 0.818. The molecule has 3 heteroatoms. The Bertz CT molecular complexity index is 282. The largest absolute Gasteiger partial charge is 0.353 e. The lowest BCUT2D eigenvalue weighted by molar-refractivity contribution is -0.144. The van der Waals surface area contributed by atoms with Crippen molar-refractivity contribution in [2.45, 2.75) is 37.6 Å². The van der Waals surface area contributed by atoms with Gasteiger partial charge in [-0.15, -0.1) is 0 Å². The first-order chi connectivity index (χ1) is 6.72. The van der Waals surface area contributed by atoms with E-state index >= 15 is 0 Å². The van der Waals surface area contributed by atoms with E-state index < -0.39 is 0 Å². The number of carbonyl (C=O) groups excluding carboxylic acids is 2. The predicted octanol–water partition coefficient (Wildman–Crippen LogP) is 0.880. The molecular formula is C11H15NO2. The molecule has 2 unspecified atom stereocenters. The van der Waals surface area contributed by atoms with Gasteiger partial charge >= 0.3 is 0 Å². The number of amides is 1. The van der Waals surface area contributed by atoms with Gasteiger partial charge in [-0.1, -0.05) is 0 Å². The van der Waals surface area contributed by atoms with Crippen molar-refractivity contribution in [1.82, 2.24) is 5.32 Å². The molecule has 1 N–H and O–H groups in total. The van der Waals surface area contributed by atoms with E-state index in [9.17, 15) is 9.59 Å². The van der Waals surface area contributed by atoms with Gasteiger partial charge in [-0.05, 0) is 38.0 Å². The molecular weight excluding hydrogens is 178 g/mol. The van der Waals surface area contributed by atoms with Crippen molar-refractivity contribution in [2.75, 3.05) is 0 Å². The SMILES string of the molecule is O=CNC12CC3CC(C1)C(=O)C(C3)C2. The average Bonchev–Trinajstić information content (AvgIpc) is 2.12. The van der Waals surface area contributed by atoms with Crippen LogP contribution in [0.1, 0.15) is 32.1 Å². The van der Waals surface area contributed by atoms with Crippen molar-refractivity contribution in [1.29, 1.82) is 0 Å². The summed E-state index contributed by atoms with van der Waals surface area (Å²) in [5.41, 5.74) is -0.00778. The number of ketones is 1. The van der Waals surface area contributed by atoms with Gasteiger partial charge in [0.25, 0.3) is 0 Å². The first-order valence-corrected chi connectivity index (χ1v) is 5.47. The summed E-state index contributed by atoms with van der Waals surface area (Å²) in [6.45, 7) is 0. The fourth-order valence-corrected chi connectivity index (χ4v) is 4.05. The average molecular weight is 193 g/mol. The summed E-state index contributed by atoms with van der Waals surface area (Å²) in [6.07, 6.45) is 5.88. The molecule has 4 bridgehead atoms. The van der Waals surface area contributed by atoms with E-state index in [1.807, 2.05) is 0 Å². The number of nitrogens with one attached hydrogen (secondary N) is 1. The quantitative estimate of drug-likeness (QED) is 0.662. The van der Waals surface area contributed by atoms with Gasteiger partial charge in [0, 0.05) is 17.4 Å². The van der Waals surface area contributed by atoms with E-state index in [4.69, 9.17) is 0 Å². The van der Waals surface area contributed by atoms with Gasteiger partial charge < -0.3 is 5.32 Å². The smallest absolute Gasteiger partial charge is 0.207 e. The van der Waals surface area contributed by atoms with Gasteiger partial charge in [0.05, 0.1) is 0 Å². The van der Waals surface area contributed by atoms with Crippen molar-refractivity contribution < 1.29 is 9.59 Å². The fourth-order valence-electron chi connectivity index (χ4n) is 4.05. The van der Waals surface area contributed by atoms with E-state index in [1.54, 1.807) is 0 Å². The topological polar surface area (TPSA) is 46.2 Å². The Hall–Kier alpha value is -0.860. The number of Topliss-reactive ketones (excluding diaryl/α,β-unsaturated/α-hetero) is 1. The zero-order valence-electron chi connectivity index (χ0n) is 8.16. The van der Waals surface area contributed by atoms with Crippen molar-refractivity contribution in [3.63, 3.8) is 0 Å². The van der Waals surface area contributed by atoms with Crippen LogP contribution in [0.5, 0.6) is 0 Å². The normalized spacial score (nSPS) is 49.4. The van der Waals surface area contributed by atoms with Gasteiger partial charge in [-0.25, -0.2) is 0 Å². The highest BCUT2D eigenvalue weighted by molar-refractivity contribution is 5.86. The van der Waals surface area contributed by atoms with E-state index in [2.05, 4.69) is 5.32 Å². The molecule has 0 saturated heterocycles. The summed E-state index contributed by atoms with van der Waals surface area (Å²) in [4.78, 5) is 22.4. The maximum atomic E-state index is 11.8. The van der Waals surface area contributed by atoms with Crippen molar-refractivity contribution >= 4 is 12.2 Å². The lowest BCUT2D eigenvalue weighted by Crippen LogP contribution is -2.61. The molecule has 1 amide bonds. The monoisotopic (exact) mass is 193 g/mol. The molecule has 0 radical (unpaired) electrons. The molecule has 0 aromatic rings. The van der Waals surface area contributed by atoms with Crippen molar-refractivity contribution in [2.24, 2.45) is 17.8 Å². The minimum atomic E-state index is -0.00778. The number of hydrogen-bond acceptors (Lipinski definition) is 2. The highest BCUT2D eigenvalue weighted by Gasteiger charge is 2.54. The van der Waals surface area contributed by atoms with Gasteiger partial charge in [0.15, 0.2) is 0 Å². The lowest BCUT2D eigenvalue weighted by Gasteiger charge is -2.55. The molecule has 14 heavy (non-hydrogen) atoms. The summed E-state index contributed by atoms with van der Waals surface area (Å²) in [6, 6.07) is 0. The summed E-state index contributed by atoms with van der Waals surface area (Å²) >= 11 is 0. The second-order valence-corrected chi connectivity index (χ2v) is 5.29. The Labute approximate surface area is 83.2 Å². The van der Waals surface area contributed by atoms with Gasteiger partial charge in [0.1, 0.15) is 5.78 Å². The van der Waals surface area contributed by atoms with Crippen LogP contribution >= 0.6 is 0 Å². The van der Waals surface area contributed by atoms with Crippen LogP contribution in [0.15, 0.2) is 0 Å². The summed E-state index contributed by atoms with van der Waals surface area (Å²) in [5.74, 6) is 1.68. The van der Waals surface area contributed by atoms with Crippen LogP contribution in [-0.2, 0) is 9.59 Å². The molecule has 4 aliphatic rings. The minimum absolute atomic E-state index is 0.00778. The lowest BCUT2D eigenvalue weighted by atomic mass is 9.52. The Morgan fingerprint density at radius 2 is 1.86 bits per heavy atom. The Morgan fingerprint density at radius 1 is 1.21 bits per heavy atom. The third-order valence-corrected chi connectivity index (χ3v) is 4.36. The maximum Gasteiger partial charge on any atom is 0.207 e. The molecule has 0 aromatic heterocycles. The summed E-state index contributed by atoms with van der Waals surface area (Å²) in [7, 11) is 0. The van der Waals surface area contributed by atoms with Crippen LogP contribution in [0, 0.1) is 17.8 Å². The Kier molecular flexibility index (Phi) is 1.56. The predicted molar refractivity (Wildman–Crippen MR) is 50.5 cm³/mol. The Morgan fingerprint density at radius 3 is 2.43 bits per heavy atom. The van der Waals surface area contributed by atoms with Crippen LogP contribution in [0.25, 0.3) is 0 Å². The molecule has 0 heterocycles. The second-order valence-electron chi connectivity index (χ2n) is 5.29. The van der Waals surface area contributed by atoms with E-state index in [-0.39, 0.29) is 17.4 Å². The van der Waals surface area contributed by atoms with Crippen LogP contribution in [0.4, 0.5) is 0 Å². The molecule has 4 rings (SSSR count). The highest BCUT2D eigenvalue weighted by atomic mass is 16.1. The molecule has 3 nitrogen and oxygen atoms in total. The highest BCUT2D eigenvalue weighted by Crippen LogP contribution is 2.53. The van der Waals surface area contributed by atoms with Crippen LogP contribution in [0.2, 0.25) is 0 Å². The summed E-state index contributed by atoms with van der Waals surface area (Å²) in [5, 5.41) is 2.98. The molecule has 0 aromatic carbocycles.